The smallest absolute Gasteiger partial charge is 0.170 e. The number of rotatable bonds is 7. The highest BCUT2D eigenvalue weighted by Gasteiger charge is 2.20. The largest absolute Gasteiger partial charge is 0.453 e. The maximum Gasteiger partial charge on any atom is 0.170 e. The Hall–Kier alpha value is -7.36. The van der Waals surface area contributed by atoms with Crippen molar-refractivity contribution in [3.05, 3.63) is 212 Å². The molecule has 9 aromatic rings. The second-order valence-electron chi connectivity index (χ2n) is 13.8. The molecule has 1 aliphatic rings. The van der Waals surface area contributed by atoms with Crippen LogP contribution in [0.2, 0.25) is 0 Å². The molecule has 0 atom stereocenters. The third-order valence-electron chi connectivity index (χ3n) is 10.3. The van der Waals surface area contributed by atoms with Crippen LogP contribution < -0.4 is 14.4 Å². The van der Waals surface area contributed by atoms with Gasteiger partial charge in [-0.05, 0) is 117 Å². The highest BCUT2D eigenvalue weighted by Crippen LogP contribution is 2.47. The summed E-state index contributed by atoms with van der Waals surface area (Å²) >= 11 is 0. The van der Waals surface area contributed by atoms with Crippen LogP contribution in [0.25, 0.3) is 55.3 Å². The van der Waals surface area contributed by atoms with E-state index in [0.717, 1.165) is 61.6 Å². The quantitative estimate of drug-likeness (QED) is 0.165. The van der Waals surface area contributed by atoms with Crippen LogP contribution in [0.15, 0.2) is 212 Å². The Labute approximate surface area is 320 Å². The Morgan fingerprint density at radius 1 is 0.255 bits per heavy atom. The lowest BCUT2D eigenvalue weighted by atomic mass is 9.98. The molecule has 10 rings (SSSR count). The summed E-state index contributed by atoms with van der Waals surface area (Å²) in [5.41, 5.74) is 12.5. The van der Waals surface area contributed by atoms with Crippen molar-refractivity contribution < 1.29 is 9.47 Å². The molecule has 0 N–H and O–H groups in total. The fourth-order valence-electron chi connectivity index (χ4n) is 7.55. The first-order valence-electron chi connectivity index (χ1n) is 18.6. The Morgan fingerprint density at radius 3 is 1.35 bits per heavy atom. The number of anilines is 3. The predicted molar refractivity (Wildman–Crippen MR) is 227 cm³/mol. The number of ether oxygens (including phenoxy) is 2. The van der Waals surface area contributed by atoms with E-state index in [0.29, 0.717) is 11.5 Å². The number of nitrogens with zero attached hydrogens (tertiary/aromatic N) is 1. The summed E-state index contributed by atoms with van der Waals surface area (Å²) in [4.78, 5) is 2.32. The average Bonchev–Trinajstić information content (AvgIpc) is 3.42. The number of para-hydroxylation sites is 1. The summed E-state index contributed by atoms with van der Waals surface area (Å²) < 4.78 is 12.9. The first kappa shape index (κ1) is 32.3. The van der Waals surface area contributed by atoms with Gasteiger partial charge in [0.15, 0.2) is 11.5 Å². The first-order chi connectivity index (χ1) is 27.2. The third-order valence-corrected chi connectivity index (χ3v) is 10.3. The van der Waals surface area contributed by atoms with Gasteiger partial charge >= 0.3 is 0 Å². The van der Waals surface area contributed by atoms with E-state index in [4.69, 9.17) is 9.47 Å². The normalized spacial score (nSPS) is 11.6. The van der Waals surface area contributed by atoms with E-state index in [1.807, 2.05) is 30.3 Å². The molecule has 0 aliphatic carbocycles. The van der Waals surface area contributed by atoms with E-state index in [1.165, 1.54) is 22.3 Å². The van der Waals surface area contributed by atoms with E-state index < -0.39 is 0 Å². The lowest BCUT2D eigenvalue weighted by Gasteiger charge is -2.26. The van der Waals surface area contributed by atoms with Crippen LogP contribution in [-0.4, -0.2) is 0 Å². The van der Waals surface area contributed by atoms with Crippen LogP contribution in [0.4, 0.5) is 17.1 Å². The van der Waals surface area contributed by atoms with Crippen molar-refractivity contribution in [2.24, 2.45) is 0 Å². The molecule has 0 saturated carbocycles. The zero-order chi connectivity index (χ0) is 36.6. The minimum atomic E-state index is 0.697. The molecule has 260 valence electrons. The number of fused-ring (bicyclic) bond motifs is 1. The molecule has 55 heavy (non-hydrogen) atoms. The van der Waals surface area contributed by atoms with Crippen molar-refractivity contribution in [3.63, 3.8) is 0 Å². The zero-order valence-corrected chi connectivity index (χ0v) is 30.0. The maximum absolute atomic E-state index is 6.50. The molecular weight excluding hydrogens is 671 g/mol. The van der Waals surface area contributed by atoms with Crippen LogP contribution >= 0.6 is 0 Å². The lowest BCUT2D eigenvalue weighted by Crippen LogP contribution is -2.09. The second-order valence-corrected chi connectivity index (χ2v) is 13.8. The van der Waals surface area contributed by atoms with Crippen LogP contribution in [0, 0.1) is 0 Å². The Bertz CT molecular complexity index is 2790. The molecule has 3 nitrogen and oxygen atoms in total. The second kappa shape index (κ2) is 13.9. The van der Waals surface area contributed by atoms with Gasteiger partial charge in [0, 0.05) is 17.1 Å². The third kappa shape index (κ3) is 6.28. The molecule has 1 aliphatic heterocycles. The van der Waals surface area contributed by atoms with Gasteiger partial charge < -0.3 is 14.4 Å². The number of hydrogen-bond acceptors (Lipinski definition) is 3. The van der Waals surface area contributed by atoms with Gasteiger partial charge in [-0.15, -0.1) is 0 Å². The Balaban J connectivity index is 0.957. The average molecular weight is 706 g/mol. The van der Waals surface area contributed by atoms with Crippen molar-refractivity contribution in [1.82, 2.24) is 0 Å². The van der Waals surface area contributed by atoms with E-state index in [-0.39, 0.29) is 0 Å². The highest BCUT2D eigenvalue weighted by atomic mass is 16.5. The van der Waals surface area contributed by atoms with Gasteiger partial charge in [-0.25, -0.2) is 0 Å². The van der Waals surface area contributed by atoms with Crippen molar-refractivity contribution >= 4 is 27.8 Å². The lowest BCUT2D eigenvalue weighted by molar-refractivity contribution is 0.439. The summed E-state index contributed by atoms with van der Waals surface area (Å²) in [6.07, 6.45) is 0. The van der Waals surface area contributed by atoms with E-state index in [9.17, 15) is 0 Å². The zero-order valence-electron chi connectivity index (χ0n) is 30.0. The topological polar surface area (TPSA) is 21.7 Å². The molecule has 0 bridgehead atoms. The number of benzene rings is 9. The predicted octanol–water partition coefficient (Wildman–Crippen LogP) is 14.9. The molecular formula is C52H35NO2. The highest BCUT2D eigenvalue weighted by molar-refractivity contribution is 5.95. The van der Waals surface area contributed by atoms with Gasteiger partial charge in [-0.2, -0.15) is 0 Å². The van der Waals surface area contributed by atoms with Gasteiger partial charge in [0.25, 0.3) is 0 Å². The van der Waals surface area contributed by atoms with Crippen molar-refractivity contribution in [2.75, 3.05) is 4.90 Å². The Morgan fingerprint density at radius 2 is 0.691 bits per heavy atom. The monoisotopic (exact) mass is 705 g/mol. The summed E-state index contributed by atoms with van der Waals surface area (Å²) in [5, 5.41) is 2.07. The minimum Gasteiger partial charge on any atom is -0.453 e. The van der Waals surface area contributed by atoms with Gasteiger partial charge in [0.05, 0.1) is 5.39 Å². The van der Waals surface area contributed by atoms with Gasteiger partial charge in [0.2, 0.25) is 0 Å². The number of hydrogen-bond donors (Lipinski definition) is 0. The summed E-state index contributed by atoms with van der Waals surface area (Å²) in [6.45, 7) is 0. The van der Waals surface area contributed by atoms with E-state index in [1.54, 1.807) is 0 Å². The van der Waals surface area contributed by atoms with Crippen molar-refractivity contribution in [1.29, 1.82) is 0 Å². The van der Waals surface area contributed by atoms with Gasteiger partial charge in [0.1, 0.15) is 11.5 Å². The molecule has 0 aromatic heterocycles. The van der Waals surface area contributed by atoms with Crippen molar-refractivity contribution in [3.8, 4) is 67.5 Å². The maximum atomic E-state index is 6.50. The van der Waals surface area contributed by atoms with E-state index >= 15 is 0 Å². The molecule has 0 saturated heterocycles. The molecule has 9 aromatic carbocycles. The summed E-state index contributed by atoms with van der Waals surface area (Å²) in [7, 11) is 0. The first-order valence-corrected chi connectivity index (χ1v) is 18.6. The summed E-state index contributed by atoms with van der Waals surface area (Å²) in [5.74, 6) is 2.99. The van der Waals surface area contributed by atoms with Gasteiger partial charge in [-0.1, -0.05) is 146 Å². The van der Waals surface area contributed by atoms with E-state index in [2.05, 4.69) is 187 Å². The molecule has 0 amide bonds. The standard InChI is InChI=1S/C52H35NO2/c1-3-11-36(12-4-1)37-23-25-38(26-24-37)39-27-30-46(31-28-39)53(45-18-5-2-6-19-45)47-20-8-17-43(34-47)41-15-7-16-42(33-41)44-29-32-48-51(35-44)55-50-22-10-14-40-13-9-21-49(54-48)52(40)50/h1-35H. The SMILES string of the molecule is c1ccc(-c2ccc(-c3ccc(N(c4ccccc4)c4cccc(-c5cccc(-c6ccc7c(c6)Oc6cccc8cccc(c68)O7)c5)c4)cc3)cc2)cc1. The Kier molecular flexibility index (Phi) is 8.16. The van der Waals surface area contributed by atoms with Crippen LogP contribution in [-0.2, 0) is 0 Å². The van der Waals surface area contributed by atoms with Crippen LogP contribution in [0.3, 0.4) is 0 Å². The van der Waals surface area contributed by atoms with Gasteiger partial charge in [-0.3, -0.25) is 0 Å². The van der Waals surface area contributed by atoms with Crippen molar-refractivity contribution in [2.45, 2.75) is 0 Å². The van der Waals surface area contributed by atoms with Crippen LogP contribution in [0.5, 0.6) is 23.0 Å². The molecule has 0 radical (unpaired) electrons. The summed E-state index contributed by atoms with van der Waals surface area (Å²) in [6, 6.07) is 74.6. The fourth-order valence-corrected chi connectivity index (χ4v) is 7.55. The van der Waals surface area contributed by atoms with Crippen LogP contribution in [0.1, 0.15) is 0 Å². The molecule has 0 spiro atoms. The molecule has 0 fully saturated rings. The fraction of sp³-hybridized carbons (Fsp3) is 0. The molecule has 0 unspecified atom stereocenters. The minimum absolute atomic E-state index is 0.697. The molecule has 3 heteroatoms. The molecule has 1 heterocycles.